The molecular formula is C21H22F3NO2. The molecule has 2 aromatic carbocycles. The molecule has 1 amide bonds. The highest BCUT2D eigenvalue weighted by Gasteiger charge is 2.27. The van der Waals surface area contributed by atoms with Crippen molar-refractivity contribution < 1.29 is 22.7 Å². The van der Waals surface area contributed by atoms with Gasteiger partial charge in [0.1, 0.15) is 0 Å². The van der Waals surface area contributed by atoms with E-state index in [0.717, 1.165) is 30.9 Å². The molecule has 3 rings (SSSR count). The molecule has 0 N–H and O–H groups in total. The molecule has 1 atom stereocenters. The minimum atomic E-state index is -0.850. The molecule has 0 bridgehead atoms. The van der Waals surface area contributed by atoms with Gasteiger partial charge in [0, 0.05) is 13.1 Å². The van der Waals surface area contributed by atoms with Gasteiger partial charge < -0.3 is 9.64 Å². The Hall–Kier alpha value is -2.50. The van der Waals surface area contributed by atoms with Gasteiger partial charge in [-0.05, 0) is 61.4 Å². The van der Waals surface area contributed by atoms with Gasteiger partial charge in [-0.25, -0.2) is 13.2 Å². The molecule has 1 aliphatic rings. The van der Waals surface area contributed by atoms with Crippen LogP contribution in [0.2, 0.25) is 0 Å². The number of rotatable bonds is 5. The van der Waals surface area contributed by atoms with Crippen LogP contribution in [0.3, 0.4) is 0 Å². The van der Waals surface area contributed by atoms with Gasteiger partial charge in [0.15, 0.2) is 23.2 Å². The SMILES string of the molecule is COc1c(F)cccc1C(=O)N1CCC[C@H](CCc2ccc(F)c(F)c2)C1. The molecule has 1 heterocycles. The van der Waals surface area contributed by atoms with Gasteiger partial charge in [-0.2, -0.15) is 0 Å². The van der Waals surface area contributed by atoms with Crippen molar-refractivity contribution in [2.75, 3.05) is 20.2 Å². The summed E-state index contributed by atoms with van der Waals surface area (Å²) in [6.45, 7) is 1.17. The lowest BCUT2D eigenvalue weighted by molar-refractivity contribution is 0.0664. The summed E-state index contributed by atoms with van der Waals surface area (Å²) in [5, 5.41) is 0. The summed E-state index contributed by atoms with van der Waals surface area (Å²) in [5.41, 5.74) is 0.961. The van der Waals surface area contributed by atoms with Crippen molar-refractivity contribution >= 4 is 5.91 Å². The van der Waals surface area contributed by atoms with Gasteiger partial charge in [-0.15, -0.1) is 0 Å². The van der Waals surface area contributed by atoms with Gasteiger partial charge in [-0.3, -0.25) is 4.79 Å². The second-order valence-corrected chi connectivity index (χ2v) is 6.87. The van der Waals surface area contributed by atoms with Crippen LogP contribution in [-0.2, 0) is 6.42 Å². The number of piperidine rings is 1. The Balaban J connectivity index is 1.64. The van der Waals surface area contributed by atoms with Gasteiger partial charge in [0.25, 0.3) is 5.91 Å². The Morgan fingerprint density at radius 1 is 1.15 bits per heavy atom. The van der Waals surface area contributed by atoms with Crippen molar-refractivity contribution in [2.24, 2.45) is 5.92 Å². The maximum atomic E-state index is 13.9. The number of carbonyl (C=O) groups is 1. The van der Waals surface area contributed by atoms with Crippen LogP contribution in [0.5, 0.6) is 5.75 Å². The molecule has 0 spiro atoms. The molecule has 1 fully saturated rings. The predicted octanol–water partition coefficient (Wildman–Crippen LogP) is 4.60. The molecular weight excluding hydrogens is 355 g/mol. The maximum Gasteiger partial charge on any atom is 0.257 e. The lowest BCUT2D eigenvalue weighted by atomic mass is 9.91. The first-order valence-corrected chi connectivity index (χ1v) is 9.05. The smallest absolute Gasteiger partial charge is 0.257 e. The number of ether oxygens (including phenoxy) is 1. The molecule has 1 saturated heterocycles. The van der Waals surface area contributed by atoms with Crippen LogP contribution < -0.4 is 4.74 Å². The van der Waals surface area contributed by atoms with Crippen LogP contribution >= 0.6 is 0 Å². The van der Waals surface area contributed by atoms with Crippen molar-refractivity contribution in [3.63, 3.8) is 0 Å². The van der Waals surface area contributed by atoms with Crippen LogP contribution in [0.4, 0.5) is 13.2 Å². The van der Waals surface area contributed by atoms with E-state index in [1.807, 2.05) is 0 Å². The second-order valence-electron chi connectivity index (χ2n) is 6.87. The lowest BCUT2D eigenvalue weighted by Gasteiger charge is -2.33. The zero-order chi connectivity index (χ0) is 19.4. The highest BCUT2D eigenvalue weighted by Crippen LogP contribution is 2.27. The topological polar surface area (TPSA) is 29.5 Å². The van der Waals surface area contributed by atoms with Crippen molar-refractivity contribution in [2.45, 2.75) is 25.7 Å². The van der Waals surface area contributed by atoms with Crippen LogP contribution in [0, 0.1) is 23.4 Å². The number of halogens is 3. The molecule has 1 aliphatic heterocycles. The first kappa shape index (κ1) is 19.3. The Kier molecular flexibility index (Phi) is 6.04. The first-order valence-electron chi connectivity index (χ1n) is 9.05. The fourth-order valence-electron chi connectivity index (χ4n) is 3.61. The number of para-hydroxylation sites is 1. The van der Waals surface area contributed by atoms with Crippen LogP contribution in [0.1, 0.15) is 35.2 Å². The van der Waals surface area contributed by atoms with Crippen molar-refractivity contribution in [3.8, 4) is 5.75 Å². The average Bonchev–Trinajstić information content (AvgIpc) is 2.68. The Morgan fingerprint density at radius 2 is 1.96 bits per heavy atom. The number of amides is 1. The third-order valence-electron chi connectivity index (χ3n) is 5.03. The summed E-state index contributed by atoms with van der Waals surface area (Å²) in [6, 6.07) is 8.26. The van der Waals surface area contributed by atoms with Gasteiger partial charge in [0.2, 0.25) is 0 Å². The fourth-order valence-corrected chi connectivity index (χ4v) is 3.61. The molecule has 27 heavy (non-hydrogen) atoms. The highest BCUT2D eigenvalue weighted by molar-refractivity contribution is 5.97. The number of hydrogen-bond acceptors (Lipinski definition) is 2. The molecule has 0 saturated carbocycles. The van der Waals surface area contributed by atoms with Crippen LogP contribution in [0.25, 0.3) is 0 Å². The van der Waals surface area contributed by atoms with E-state index in [2.05, 4.69) is 0 Å². The highest BCUT2D eigenvalue weighted by atomic mass is 19.2. The Morgan fingerprint density at radius 3 is 2.70 bits per heavy atom. The van der Waals surface area contributed by atoms with E-state index < -0.39 is 17.5 Å². The summed E-state index contributed by atoms with van der Waals surface area (Å²) in [7, 11) is 1.34. The summed E-state index contributed by atoms with van der Waals surface area (Å²) >= 11 is 0. The number of hydrogen-bond donors (Lipinski definition) is 0. The summed E-state index contributed by atoms with van der Waals surface area (Å²) in [5.74, 6) is -2.27. The Bertz CT molecular complexity index is 825. The predicted molar refractivity (Wildman–Crippen MR) is 96.3 cm³/mol. The molecule has 6 heteroatoms. The molecule has 2 aromatic rings. The first-order chi connectivity index (χ1) is 13.0. The molecule has 0 aliphatic carbocycles. The van der Waals surface area contributed by atoms with E-state index >= 15 is 0 Å². The van der Waals surface area contributed by atoms with E-state index in [0.29, 0.717) is 19.5 Å². The zero-order valence-corrected chi connectivity index (χ0v) is 15.2. The number of benzene rings is 2. The minimum Gasteiger partial charge on any atom is -0.493 e. The Labute approximate surface area is 156 Å². The summed E-state index contributed by atoms with van der Waals surface area (Å²) in [6.07, 6.45) is 3.21. The maximum absolute atomic E-state index is 13.9. The molecule has 3 nitrogen and oxygen atoms in total. The number of carbonyl (C=O) groups excluding carboxylic acids is 1. The number of aryl methyl sites for hydroxylation is 1. The number of methoxy groups -OCH3 is 1. The largest absolute Gasteiger partial charge is 0.493 e. The molecule has 0 aromatic heterocycles. The second kappa shape index (κ2) is 8.46. The van der Waals surface area contributed by atoms with Gasteiger partial charge >= 0.3 is 0 Å². The number of nitrogens with zero attached hydrogens (tertiary/aromatic N) is 1. The minimum absolute atomic E-state index is 0.0357. The van der Waals surface area contributed by atoms with Crippen LogP contribution in [0.15, 0.2) is 36.4 Å². The van der Waals surface area contributed by atoms with E-state index in [1.54, 1.807) is 17.0 Å². The van der Waals surface area contributed by atoms with E-state index in [9.17, 15) is 18.0 Å². The standard InChI is InChI=1S/C21H22F3NO2/c1-27-20-16(5-2-6-18(20)23)21(26)25-11-3-4-15(13-25)8-7-14-9-10-17(22)19(24)12-14/h2,5-6,9-10,12,15H,3-4,7-8,11,13H2,1H3/t15-/m1/s1. The third kappa shape index (κ3) is 4.43. The monoisotopic (exact) mass is 377 g/mol. The van der Waals surface area contributed by atoms with Crippen LogP contribution in [-0.4, -0.2) is 31.0 Å². The fraction of sp³-hybridized carbons (Fsp3) is 0.381. The summed E-state index contributed by atoms with van der Waals surface area (Å²) < 4.78 is 45.3. The van der Waals surface area contributed by atoms with E-state index in [-0.39, 0.29) is 23.1 Å². The normalized spacial score (nSPS) is 17.0. The van der Waals surface area contributed by atoms with Crippen molar-refractivity contribution in [1.29, 1.82) is 0 Å². The van der Waals surface area contributed by atoms with E-state index in [1.165, 1.54) is 25.3 Å². The molecule has 0 unspecified atom stereocenters. The number of likely N-dealkylation sites (tertiary alicyclic amines) is 1. The van der Waals surface area contributed by atoms with Crippen molar-refractivity contribution in [1.82, 2.24) is 4.90 Å². The lowest BCUT2D eigenvalue weighted by Crippen LogP contribution is -2.40. The average molecular weight is 377 g/mol. The zero-order valence-electron chi connectivity index (χ0n) is 15.2. The van der Waals surface area contributed by atoms with E-state index in [4.69, 9.17) is 4.74 Å². The molecule has 144 valence electrons. The van der Waals surface area contributed by atoms with Crippen molar-refractivity contribution in [3.05, 3.63) is 65.0 Å². The third-order valence-corrected chi connectivity index (χ3v) is 5.03. The van der Waals surface area contributed by atoms with Gasteiger partial charge in [0.05, 0.1) is 12.7 Å². The van der Waals surface area contributed by atoms with Gasteiger partial charge in [-0.1, -0.05) is 12.1 Å². The molecule has 0 radical (unpaired) electrons. The quantitative estimate of drug-likeness (QED) is 0.762. The summed E-state index contributed by atoms with van der Waals surface area (Å²) in [4.78, 5) is 14.5.